The van der Waals surface area contributed by atoms with Gasteiger partial charge in [-0.25, -0.2) is 0 Å². The molecule has 2 atom stereocenters. The second-order valence-corrected chi connectivity index (χ2v) is 5.72. The first-order chi connectivity index (χ1) is 9.80. The molecule has 0 amide bonds. The van der Waals surface area contributed by atoms with Crippen molar-refractivity contribution in [3.63, 3.8) is 0 Å². The fraction of sp³-hybridized carbons (Fsp3) is 0.471. The second kappa shape index (κ2) is 5.80. The van der Waals surface area contributed by atoms with Crippen LogP contribution in [0, 0.1) is 5.92 Å². The number of carbonyl (C=O) groups excluding carboxylic acids is 1. The summed E-state index contributed by atoms with van der Waals surface area (Å²) in [6, 6.07) is 9.86. The van der Waals surface area contributed by atoms with Gasteiger partial charge in [0, 0.05) is 6.54 Å². The highest BCUT2D eigenvalue weighted by atomic mass is 16.5. The Kier molecular flexibility index (Phi) is 3.88. The van der Waals surface area contributed by atoms with Crippen molar-refractivity contribution in [2.75, 3.05) is 6.54 Å². The Morgan fingerprint density at radius 3 is 2.90 bits per heavy atom. The topological polar surface area (TPSA) is 38.3 Å². The summed E-state index contributed by atoms with van der Waals surface area (Å²) in [5, 5.41) is 3.49. The van der Waals surface area contributed by atoms with Crippen molar-refractivity contribution in [3.05, 3.63) is 48.0 Å². The zero-order valence-corrected chi connectivity index (χ0v) is 11.7. The summed E-state index contributed by atoms with van der Waals surface area (Å²) in [5.74, 6) is -0.105. The third-order valence-electron chi connectivity index (χ3n) is 4.43. The molecule has 3 nitrogen and oxygen atoms in total. The van der Waals surface area contributed by atoms with Gasteiger partial charge in [0.25, 0.3) is 0 Å². The standard InChI is InChI=1S/C17H21NO2/c19-16(20-13-14-7-2-1-3-8-14)15-9-4-5-10-17(15)11-6-12-18-17/h1-3,6-8,11,15,18H,4-5,9-10,12-13H2. The summed E-state index contributed by atoms with van der Waals surface area (Å²) in [5.41, 5.74) is 0.895. The van der Waals surface area contributed by atoms with E-state index in [1.165, 1.54) is 6.42 Å². The minimum Gasteiger partial charge on any atom is -0.461 e. The number of ether oxygens (including phenoxy) is 1. The molecule has 1 aliphatic carbocycles. The molecule has 3 heteroatoms. The van der Waals surface area contributed by atoms with Crippen LogP contribution in [0.15, 0.2) is 42.5 Å². The maximum atomic E-state index is 12.4. The minimum absolute atomic E-state index is 0.0429. The smallest absolute Gasteiger partial charge is 0.311 e. The van der Waals surface area contributed by atoms with Crippen LogP contribution in [0.4, 0.5) is 0 Å². The minimum atomic E-state index is -0.147. The highest BCUT2D eigenvalue weighted by Gasteiger charge is 2.44. The quantitative estimate of drug-likeness (QED) is 0.678. The Labute approximate surface area is 120 Å². The van der Waals surface area contributed by atoms with E-state index in [0.29, 0.717) is 6.61 Å². The molecular formula is C17H21NO2. The fourth-order valence-electron chi connectivity index (χ4n) is 3.34. The van der Waals surface area contributed by atoms with Crippen LogP contribution in [0.25, 0.3) is 0 Å². The lowest BCUT2D eigenvalue weighted by Crippen LogP contribution is -2.52. The second-order valence-electron chi connectivity index (χ2n) is 5.72. The van der Waals surface area contributed by atoms with Crippen LogP contribution in [0.1, 0.15) is 31.2 Å². The zero-order chi connectivity index (χ0) is 13.8. The van der Waals surface area contributed by atoms with Crippen molar-refractivity contribution < 1.29 is 9.53 Å². The summed E-state index contributed by atoms with van der Waals surface area (Å²) in [7, 11) is 0. The Balaban J connectivity index is 1.65. The summed E-state index contributed by atoms with van der Waals surface area (Å²) in [6.07, 6.45) is 8.56. The third kappa shape index (κ3) is 2.63. The van der Waals surface area contributed by atoms with Gasteiger partial charge in [-0.2, -0.15) is 0 Å². The van der Waals surface area contributed by atoms with Crippen molar-refractivity contribution in [1.82, 2.24) is 5.32 Å². The lowest BCUT2D eigenvalue weighted by atomic mass is 9.73. The average molecular weight is 271 g/mol. The molecule has 20 heavy (non-hydrogen) atoms. The lowest BCUT2D eigenvalue weighted by Gasteiger charge is -2.39. The van der Waals surface area contributed by atoms with E-state index in [1.54, 1.807) is 0 Å². The summed E-state index contributed by atoms with van der Waals surface area (Å²) >= 11 is 0. The summed E-state index contributed by atoms with van der Waals surface area (Å²) in [6.45, 7) is 1.23. The van der Waals surface area contributed by atoms with Gasteiger partial charge in [0.15, 0.2) is 0 Å². The van der Waals surface area contributed by atoms with E-state index in [1.807, 2.05) is 30.3 Å². The van der Waals surface area contributed by atoms with Crippen LogP contribution < -0.4 is 5.32 Å². The Morgan fingerprint density at radius 2 is 2.15 bits per heavy atom. The fourth-order valence-corrected chi connectivity index (χ4v) is 3.34. The van der Waals surface area contributed by atoms with Crippen molar-refractivity contribution >= 4 is 5.97 Å². The molecule has 1 fully saturated rings. The van der Waals surface area contributed by atoms with Gasteiger partial charge in [0.2, 0.25) is 0 Å². The predicted molar refractivity (Wildman–Crippen MR) is 78.1 cm³/mol. The molecule has 0 radical (unpaired) electrons. The molecule has 1 aliphatic heterocycles. The molecular weight excluding hydrogens is 250 g/mol. The Bertz CT molecular complexity index is 497. The zero-order valence-electron chi connectivity index (χ0n) is 11.7. The molecule has 1 aromatic carbocycles. The maximum absolute atomic E-state index is 12.4. The predicted octanol–water partition coefficient (Wildman–Crippen LogP) is 2.82. The summed E-state index contributed by atoms with van der Waals surface area (Å²) in [4.78, 5) is 12.4. The molecule has 2 aliphatic rings. The van der Waals surface area contributed by atoms with E-state index in [0.717, 1.165) is 31.4 Å². The SMILES string of the molecule is O=C(OCc1ccccc1)C1CCCCC12C=CCN2. The average Bonchev–Trinajstić information content (AvgIpc) is 2.95. The lowest BCUT2D eigenvalue weighted by molar-refractivity contribution is -0.153. The van der Waals surface area contributed by atoms with E-state index >= 15 is 0 Å². The van der Waals surface area contributed by atoms with Gasteiger partial charge in [0.05, 0.1) is 11.5 Å². The van der Waals surface area contributed by atoms with Crippen molar-refractivity contribution in [2.45, 2.75) is 37.8 Å². The molecule has 3 rings (SSSR count). The highest BCUT2D eigenvalue weighted by molar-refractivity contribution is 5.75. The first-order valence-electron chi connectivity index (χ1n) is 7.43. The molecule has 1 N–H and O–H groups in total. The number of benzene rings is 1. The first kappa shape index (κ1) is 13.4. The Hall–Kier alpha value is -1.61. The molecule has 1 heterocycles. The van der Waals surface area contributed by atoms with E-state index in [-0.39, 0.29) is 17.4 Å². The van der Waals surface area contributed by atoms with E-state index in [9.17, 15) is 4.79 Å². The van der Waals surface area contributed by atoms with E-state index in [4.69, 9.17) is 4.74 Å². The molecule has 0 bridgehead atoms. The highest BCUT2D eigenvalue weighted by Crippen LogP contribution is 2.37. The normalized spacial score (nSPS) is 28.7. The van der Waals surface area contributed by atoms with Gasteiger partial charge in [-0.05, 0) is 18.4 Å². The van der Waals surface area contributed by atoms with Crippen LogP contribution in [0.2, 0.25) is 0 Å². The third-order valence-corrected chi connectivity index (χ3v) is 4.43. The van der Waals surface area contributed by atoms with Crippen LogP contribution in [0.5, 0.6) is 0 Å². The summed E-state index contributed by atoms with van der Waals surface area (Å²) < 4.78 is 5.54. The van der Waals surface area contributed by atoms with Crippen LogP contribution in [-0.4, -0.2) is 18.1 Å². The van der Waals surface area contributed by atoms with Gasteiger partial charge in [-0.15, -0.1) is 0 Å². The van der Waals surface area contributed by atoms with Gasteiger partial charge in [-0.3, -0.25) is 4.79 Å². The van der Waals surface area contributed by atoms with Crippen LogP contribution in [-0.2, 0) is 16.1 Å². The van der Waals surface area contributed by atoms with Gasteiger partial charge in [-0.1, -0.05) is 55.3 Å². The van der Waals surface area contributed by atoms with Gasteiger partial charge < -0.3 is 10.1 Å². The van der Waals surface area contributed by atoms with Crippen molar-refractivity contribution in [1.29, 1.82) is 0 Å². The van der Waals surface area contributed by atoms with Gasteiger partial charge >= 0.3 is 5.97 Å². The largest absolute Gasteiger partial charge is 0.461 e. The Morgan fingerprint density at radius 1 is 1.30 bits per heavy atom. The molecule has 1 aromatic rings. The van der Waals surface area contributed by atoms with Crippen LogP contribution in [0.3, 0.4) is 0 Å². The molecule has 1 saturated carbocycles. The molecule has 106 valence electrons. The molecule has 2 unspecified atom stereocenters. The number of esters is 1. The maximum Gasteiger partial charge on any atom is 0.311 e. The van der Waals surface area contributed by atoms with Gasteiger partial charge in [0.1, 0.15) is 6.61 Å². The first-order valence-corrected chi connectivity index (χ1v) is 7.43. The number of hydrogen-bond donors (Lipinski definition) is 1. The van der Waals surface area contributed by atoms with E-state index < -0.39 is 0 Å². The molecule has 0 aromatic heterocycles. The van der Waals surface area contributed by atoms with Crippen molar-refractivity contribution in [2.24, 2.45) is 5.92 Å². The number of rotatable bonds is 3. The number of carbonyl (C=O) groups is 1. The number of nitrogens with one attached hydrogen (secondary N) is 1. The number of hydrogen-bond acceptors (Lipinski definition) is 3. The molecule has 0 saturated heterocycles. The van der Waals surface area contributed by atoms with Crippen LogP contribution >= 0.6 is 0 Å². The monoisotopic (exact) mass is 271 g/mol. The molecule has 1 spiro atoms. The van der Waals surface area contributed by atoms with Crippen molar-refractivity contribution in [3.8, 4) is 0 Å². The van der Waals surface area contributed by atoms with E-state index in [2.05, 4.69) is 17.5 Å².